The second kappa shape index (κ2) is 11.1. The molecule has 2 aromatic carbocycles. The molecule has 2 aromatic heterocycles. The molecule has 0 bridgehead atoms. The summed E-state index contributed by atoms with van der Waals surface area (Å²) in [6, 6.07) is 12.5. The highest BCUT2D eigenvalue weighted by Gasteiger charge is 2.21. The zero-order valence-electron chi connectivity index (χ0n) is 22.0. The van der Waals surface area contributed by atoms with Crippen molar-refractivity contribution in [3.63, 3.8) is 0 Å². The highest BCUT2D eigenvalue weighted by atomic mass is 16.6. The maximum atomic E-state index is 13.4. The van der Waals surface area contributed by atoms with Crippen LogP contribution in [0.15, 0.2) is 53.5 Å². The number of esters is 2. The second-order valence-electron chi connectivity index (χ2n) is 9.86. The molecule has 200 valence electrons. The molecule has 4 aromatic rings. The van der Waals surface area contributed by atoms with Gasteiger partial charge in [0.25, 0.3) is 5.56 Å². The largest absolute Gasteiger partial charge is 0.497 e. The molecule has 0 radical (unpaired) electrons. The highest BCUT2D eigenvalue weighted by Crippen LogP contribution is 2.23. The van der Waals surface area contributed by atoms with Crippen LogP contribution in [-0.2, 0) is 34.0 Å². The van der Waals surface area contributed by atoms with Crippen LogP contribution in [0.4, 0.5) is 0 Å². The van der Waals surface area contributed by atoms with Crippen LogP contribution in [-0.4, -0.2) is 45.3 Å². The van der Waals surface area contributed by atoms with E-state index in [2.05, 4.69) is 4.98 Å². The summed E-state index contributed by atoms with van der Waals surface area (Å²) < 4.78 is 19.5. The van der Waals surface area contributed by atoms with Gasteiger partial charge in [-0.15, -0.1) is 0 Å². The number of fused-ring (bicyclic) bond motifs is 2. The Balaban J connectivity index is 1.66. The van der Waals surface area contributed by atoms with Gasteiger partial charge in [0.05, 0.1) is 23.7 Å². The number of nitrogens with two attached hydrogens (primary N) is 1. The van der Waals surface area contributed by atoms with Gasteiger partial charge in [-0.2, -0.15) is 0 Å². The number of ether oxygens (including phenoxy) is 3. The SMILES string of the molecule is COc1ccc2c(c1)nc(COC(=O)c1cn(CCCN)c3ccccc13)c(=O)n2CC(=O)OC(C)(C)C. The average Bonchev–Trinajstić information content (AvgIpc) is 3.25. The lowest BCUT2D eigenvalue weighted by atomic mass is 10.2. The van der Waals surface area contributed by atoms with E-state index < -0.39 is 23.1 Å². The first-order valence-electron chi connectivity index (χ1n) is 12.4. The summed E-state index contributed by atoms with van der Waals surface area (Å²) >= 11 is 0. The molecular weight excluding hydrogens is 488 g/mol. The molecule has 0 aliphatic heterocycles. The number of para-hydroxylation sites is 1. The van der Waals surface area contributed by atoms with Gasteiger partial charge in [-0.25, -0.2) is 9.78 Å². The summed E-state index contributed by atoms with van der Waals surface area (Å²) in [5.74, 6) is -0.629. The number of aryl methyl sites for hydroxylation is 1. The molecule has 0 saturated heterocycles. The summed E-state index contributed by atoms with van der Waals surface area (Å²) in [6.45, 7) is 5.75. The molecule has 0 aliphatic carbocycles. The summed E-state index contributed by atoms with van der Waals surface area (Å²) in [5.41, 5.74) is 6.50. The first kappa shape index (κ1) is 26.9. The summed E-state index contributed by atoms with van der Waals surface area (Å²) in [5, 5.41) is 0.744. The van der Waals surface area contributed by atoms with Crippen LogP contribution in [0.25, 0.3) is 21.9 Å². The molecule has 0 saturated carbocycles. The molecule has 0 atom stereocenters. The molecule has 4 rings (SSSR count). The number of rotatable bonds is 9. The van der Waals surface area contributed by atoms with Crippen molar-refractivity contribution < 1.29 is 23.8 Å². The van der Waals surface area contributed by atoms with Crippen LogP contribution in [0.1, 0.15) is 43.2 Å². The quantitative estimate of drug-likeness (QED) is 0.333. The van der Waals surface area contributed by atoms with Crippen molar-refractivity contribution in [1.82, 2.24) is 14.1 Å². The Labute approximate surface area is 219 Å². The van der Waals surface area contributed by atoms with E-state index in [-0.39, 0.29) is 18.8 Å². The molecule has 2 heterocycles. The van der Waals surface area contributed by atoms with Crippen LogP contribution in [0, 0.1) is 0 Å². The minimum Gasteiger partial charge on any atom is -0.497 e. The summed E-state index contributed by atoms with van der Waals surface area (Å²) in [7, 11) is 1.52. The van der Waals surface area contributed by atoms with Crippen LogP contribution >= 0.6 is 0 Å². The van der Waals surface area contributed by atoms with Crippen LogP contribution in [0.5, 0.6) is 5.75 Å². The number of methoxy groups -OCH3 is 1. The van der Waals surface area contributed by atoms with Crippen molar-refractivity contribution in [2.45, 2.75) is 52.5 Å². The number of nitrogens with zero attached hydrogens (tertiary/aromatic N) is 3. The van der Waals surface area contributed by atoms with E-state index >= 15 is 0 Å². The zero-order chi connectivity index (χ0) is 27.4. The maximum Gasteiger partial charge on any atom is 0.340 e. The lowest BCUT2D eigenvalue weighted by molar-refractivity contribution is -0.155. The fourth-order valence-electron chi connectivity index (χ4n) is 4.23. The van der Waals surface area contributed by atoms with Gasteiger partial charge in [-0.3, -0.25) is 14.2 Å². The molecule has 2 N–H and O–H groups in total. The number of hydrogen-bond donors (Lipinski definition) is 1. The monoisotopic (exact) mass is 520 g/mol. The number of hydrogen-bond acceptors (Lipinski definition) is 8. The molecule has 10 heteroatoms. The normalized spacial score (nSPS) is 11.6. The number of benzene rings is 2. The fourth-order valence-corrected chi connectivity index (χ4v) is 4.23. The Bertz CT molecular complexity index is 1550. The molecule has 0 amide bonds. The first-order valence-corrected chi connectivity index (χ1v) is 12.4. The Morgan fingerprint density at radius 2 is 1.84 bits per heavy atom. The number of carbonyl (C=O) groups is 2. The lowest BCUT2D eigenvalue weighted by Crippen LogP contribution is -2.33. The predicted octanol–water partition coefficient (Wildman–Crippen LogP) is 3.41. The van der Waals surface area contributed by atoms with E-state index in [4.69, 9.17) is 19.9 Å². The second-order valence-corrected chi connectivity index (χ2v) is 9.86. The van der Waals surface area contributed by atoms with Gasteiger partial charge in [0.1, 0.15) is 30.2 Å². The molecular formula is C28H32N4O6. The lowest BCUT2D eigenvalue weighted by Gasteiger charge is -2.20. The Morgan fingerprint density at radius 3 is 2.55 bits per heavy atom. The molecule has 10 nitrogen and oxygen atoms in total. The number of aromatic nitrogens is 3. The molecule has 38 heavy (non-hydrogen) atoms. The number of carbonyl (C=O) groups excluding carboxylic acids is 2. The maximum absolute atomic E-state index is 13.4. The fraction of sp³-hybridized carbons (Fsp3) is 0.357. The van der Waals surface area contributed by atoms with E-state index in [0.717, 1.165) is 17.3 Å². The van der Waals surface area contributed by atoms with E-state index in [1.54, 1.807) is 45.2 Å². The van der Waals surface area contributed by atoms with E-state index in [1.807, 2.05) is 28.8 Å². The van der Waals surface area contributed by atoms with Gasteiger partial charge in [0, 0.05) is 29.7 Å². The predicted molar refractivity (Wildman–Crippen MR) is 143 cm³/mol. The third kappa shape index (κ3) is 5.86. The Morgan fingerprint density at radius 1 is 1.08 bits per heavy atom. The average molecular weight is 521 g/mol. The Kier molecular flexibility index (Phi) is 7.82. The van der Waals surface area contributed by atoms with Crippen molar-refractivity contribution >= 4 is 33.9 Å². The van der Waals surface area contributed by atoms with Gasteiger partial charge >= 0.3 is 11.9 Å². The third-order valence-electron chi connectivity index (χ3n) is 5.88. The van der Waals surface area contributed by atoms with Crippen molar-refractivity contribution in [2.75, 3.05) is 13.7 Å². The molecule has 0 unspecified atom stereocenters. The van der Waals surface area contributed by atoms with Gasteiger partial charge in [0.15, 0.2) is 0 Å². The van der Waals surface area contributed by atoms with Crippen LogP contribution in [0.3, 0.4) is 0 Å². The van der Waals surface area contributed by atoms with Crippen LogP contribution in [0.2, 0.25) is 0 Å². The minimum atomic E-state index is -0.714. The van der Waals surface area contributed by atoms with Gasteiger partial charge in [0.2, 0.25) is 0 Å². The molecule has 0 aliphatic rings. The standard InChI is InChI=1S/C28H32N4O6/c1-28(2,3)38-25(33)16-32-24-11-10-18(36-4)14-21(24)30-22(26(32)34)17-37-27(35)20-15-31(13-7-12-29)23-9-6-5-8-19(20)23/h5-6,8-11,14-15H,7,12-13,16-17,29H2,1-4H3. The summed E-state index contributed by atoms with van der Waals surface area (Å²) in [6.07, 6.45) is 2.50. The zero-order valence-corrected chi connectivity index (χ0v) is 22.0. The van der Waals surface area contributed by atoms with Crippen molar-refractivity contribution in [3.05, 3.63) is 70.3 Å². The third-order valence-corrected chi connectivity index (χ3v) is 5.88. The van der Waals surface area contributed by atoms with Gasteiger partial charge in [-0.05, 0) is 51.9 Å². The van der Waals surface area contributed by atoms with Crippen molar-refractivity contribution in [3.8, 4) is 5.75 Å². The topological polar surface area (TPSA) is 128 Å². The van der Waals surface area contributed by atoms with Crippen LogP contribution < -0.4 is 16.0 Å². The first-order chi connectivity index (χ1) is 18.1. The Hall–Kier alpha value is -4.18. The minimum absolute atomic E-state index is 0.0190. The van der Waals surface area contributed by atoms with Crippen molar-refractivity contribution in [1.29, 1.82) is 0 Å². The van der Waals surface area contributed by atoms with E-state index in [0.29, 0.717) is 35.4 Å². The van der Waals surface area contributed by atoms with E-state index in [1.165, 1.54) is 11.7 Å². The smallest absolute Gasteiger partial charge is 0.340 e. The van der Waals surface area contributed by atoms with Crippen molar-refractivity contribution in [2.24, 2.45) is 5.73 Å². The van der Waals surface area contributed by atoms with Gasteiger partial charge in [-0.1, -0.05) is 18.2 Å². The highest BCUT2D eigenvalue weighted by molar-refractivity contribution is 6.04. The summed E-state index contributed by atoms with van der Waals surface area (Å²) in [4.78, 5) is 43.5. The molecule has 0 spiro atoms. The molecule has 0 fully saturated rings. The van der Waals surface area contributed by atoms with E-state index in [9.17, 15) is 14.4 Å². The van der Waals surface area contributed by atoms with Gasteiger partial charge < -0.3 is 24.5 Å².